The summed E-state index contributed by atoms with van der Waals surface area (Å²) in [5, 5.41) is 4.41. The highest BCUT2D eigenvalue weighted by molar-refractivity contribution is 5.95. The molecule has 0 amide bonds. The molecule has 0 bridgehead atoms. The lowest BCUT2D eigenvalue weighted by Gasteiger charge is -2.07. The van der Waals surface area contributed by atoms with E-state index in [-0.39, 0.29) is 0 Å². The highest BCUT2D eigenvalue weighted by Crippen LogP contribution is 2.32. The van der Waals surface area contributed by atoms with E-state index in [1.54, 1.807) is 19.5 Å². The Kier molecular flexibility index (Phi) is 3.82. The molecule has 0 unspecified atom stereocenters. The van der Waals surface area contributed by atoms with Crippen molar-refractivity contribution in [1.82, 2.24) is 14.5 Å². The summed E-state index contributed by atoms with van der Waals surface area (Å²) in [6, 6.07) is 16.1. The number of aryl methyl sites for hydroxylation is 1. The molecule has 0 spiro atoms. The van der Waals surface area contributed by atoms with Gasteiger partial charge in [-0.1, -0.05) is 12.1 Å². The van der Waals surface area contributed by atoms with Crippen LogP contribution in [0.4, 0.5) is 11.5 Å². The lowest BCUT2D eigenvalue weighted by molar-refractivity contribution is 0.415. The van der Waals surface area contributed by atoms with Crippen LogP contribution in [0.25, 0.3) is 22.2 Å². The number of ether oxygens (including phenoxy) is 1. The molecule has 0 saturated carbocycles. The number of anilines is 2. The molecule has 0 aliphatic heterocycles. The third-order valence-electron chi connectivity index (χ3n) is 4.26. The quantitative estimate of drug-likeness (QED) is 0.603. The van der Waals surface area contributed by atoms with Crippen LogP contribution in [-0.4, -0.2) is 21.6 Å². The number of hydrogen-bond acceptors (Lipinski definition) is 4. The van der Waals surface area contributed by atoms with Crippen molar-refractivity contribution in [1.29, 1.82) is 0 Å². The van der Waals surface area contributed by atoms with Gasteiger partial charge in [0.2, 0.25) is 0 Å². The van der Waals surface area contributed by atoms with E-state index in [1.165, 1.54) is 0 Å². The van der Waals surface area contributed by atoms with Gasteiger partial charge in [-0.3, -0.25) is 4.98 Å². The fraction of sp³-hybridized carbons (Fsp3) is 0.100. The molecule has 3 aromatic heterocycles. The highest BCUT2D eigenvalue weighted by Gasteiger charge is 2.12. The van der Waals surface area contributed by atoms with Gasteiger partial charge in [-0.25, -0.2) is 4.98 Å². The van der Waals surface area contributed by atoms with Gasteiger partial charge in [0.1, 0.15) is 11.6 Å². The number of pyridine rings is 2. The summed E-state index contributed by atoms with van der Waals surface area (Å²) >= 11 is 0. The fourth-order valence-corrected chi connectivity index (χ4v) is 2.99. The summed E-state index contributed by atoms with van der Waals surface area (Å²) in [6.07, 6.45) is 5.35. The molecule has 0 atom stereocenters. The molecule has 1 N–H and O–H groups in total. The average molecular weight is 330 g/mol. The van der Waals surface area contributed by atoms with Crippen molar-refractivity contribution in [3.8, 4) is 17.0 Å². The molecule has 5 nitrogen and oxygen atoms in total. The summed E-state index contributed by atoms with van der Waals surface area (Å²) in [6.45, 7) is 0. The Hall–Kier alpha value is -3.34. The third kappa shape index (κ3) is 2.80. The minimum Gasteiger partial charge on any atom is -0.497 e. The Morgan fingerprint density at radius 3 is 2.76 bits per heavy atom. The molecule has 0 fully saturated rings. The summed E-state index contributed by atoms with van der Waals surface area (Å²) in [7, 11) is 3.74. The van der Waals surface area contributed by atoms with Gasteiger partial charge in [-0.15, -0.1) is 0 Å². The van der Waals surface area contributed by atoms with E-state index >= 15 is 0 Å². The molecule has 4 aromatic rings. The van der Waals surface area contributed by atoms with Crippen LogP contribution in [0.3, 0.4) is 0 Å². The van der Waals surface area contributed by atoms with Crippen LogP contribution in [0, 0.1) is 0 Å². The molecular weight excluding hydrogens is 312 g/mol. The number of aromatic nitrogens is 3. The molecule has 124 valence electrons. The zero-order chi connectivity index (χ0) is 17.2. The Bertz CT molecular complexity index is 1020. The molecule has 1 aromatic carbocycles. The molecule has 0 radical (unpaired) electrons. The fourth-order valence-electron chi connectivity index (χ4n) is 2.99. The molecule has 25 heavy (non-hydrogen) atoms. The first kappa shape index (κ1) is 15.2. The number of methoxy groups -OCH3 is 1. The van der Waals surface area contributed by atoms with E-state index in [0.717, 1.165) is 39.4 Å². The first-order valence-electron chi connectivity index (χ1n) is 8.02. The maximum Gasteiger partial charge on any atom is 0.139 e. The van der Waals surface area contributed by atoms with Gasteiger partial charge in [0.15, 0.2) is 0 Å². The van der Waals surface area contributed by atoms with Crippen molar-refractivity contribution >= 4 is 22.4 Å². The number of rotatable bonds is 4. The van der Waals surface area contributed by atoms with Gasteiger partial charge >= 0.3 is 0 Å². The predicted octanol–water partition coefficient (Wildman–Crippen LogP) is 4.39. The van der Waals surface area contributed by atoms with Gasteiger partial charge in [-0.2, -0.15) is 0 Å². The van der Waals surface area contributed by atoms with E-state index in [4.69, 9.17) is 4.74 Å². The van der Waals surface area contributed by atoms with Crippen LogP contribution in [0.15, 0.2) is 67.1 Å². The van der Waals surface area contributed by atoms with Crippen LogP contribution < -0.4 is 10.1 Å². The van der Waals surface area contributed by atoms with Crippen LogP contribution in [0.1, 0.15) is 0 Å². The molecule has 5 heteroatoms. The maximum atomic E-state index is 5.35. The molecular formula is C20H18N4O. The second-order valence-electron chi connectivity index (χ2n) is 5.78. The highest BCUT2D eigenvalue weighted by atomic mass is 16.5. The van der Waals surface area contributed by atoms with Crippen molar-refractivity contribution in [2.24, 2.45) is 7.05 Å². The van der Waals surface area contributed by atoms with Gasteiger partial charge in [0.05, 0.1) is 24.5 Å². The number of hydrogen-bond donors (Lipinski definition) is 1. The van der Waals surface area contributed by atoms with E-state index in [0.29, 0.717) is 0 Å². The first-order valence-corrected chi connectivity index (χ1v) is 8.02. The number of nitrogens with one attached hydrogen (secondary N) is 1. The molecule has 3 heterocycles. The van der Waals surface area contributed by atoms with Crippen molar-refractivity contribution in [2.75, 3.05) is 12.4 Å². The zero-order valence-corrected chi connectivity index (χ0v) is 14.1. The van der Waals surface area contributed by atoms with E-state index < -0.39 is 0 Å². The van der Waals surface area contributed by atoms with Gasteiger partial charge in [-0.05, 0) is 36.4 Å². The topological polar surface area (TPSA) is 52.0 Å². The van der Waals surface area contributed by atoms with Gasteiger partial charge in [0.25, 0.3) is 0 Å². The Labute approximate surface area is 145 Å². The predicted molar refractivity (Wildman–Crippen MR) is 100 cm³/mol. The van der Waals surface area contributed by atoms with Crippen molar-refractivity contribution in [2.45, 2.75) is 0 Å². The number of benzene rings is 1. The minimum absolute atomic E-state index is 0.815. The Balaban J connectivity index is 1.83. The van der Waals surface area contributed by atoms with Crippen molar-refractivity contribution in [3.05, 3.63) is 67.1 Å². The standard InChI is InChI=1S/C20H18N4O/c1-24-18-8-10-22-20(23-15-6-4-9-21-13-15)17(18)12-19(24)14-5-3-7-16(11-14)25-2/h3-13H,1-2H3,(H,22,23). The Morgan fingerprint density at radius 1 is 1.04 bits per heavy atom. The third-order valence-corrected chi connectivity index (χ3v) is 4.26. The minimum atomic E-state index is 0.815. The first-order chi connectivity index (χ1) is 12.3. The largest absolute Gasteiger partial charge is 0.497 e. The summed E-state index contributed by atoms with van der Waals surface area (Å²) in [4.78, 5) is 8.65. The van der Waals surface area contributed by atoms with Crippen molar-refractivity contribution < 1.29 is 4.74 Å². The maximum absolute atomic E-state index is 5.35. The second-order valence-corrected chi connectivity index (χ2v) is 5.78. The lowest BCUT2D eigenvalue weighted by atomic mass is 10.1. The normalized spacial score (nSPS) is 10.8. The molecule has 0 aliphatic carbocycles. The summed E-state index contributed by atoms with van der Waals surface area (Å²) < 4.78 is 7.52. The summed E-state index contributed by atoms with van der Waals surface area (Å²) in [5.41, 5.74) is 4.23. The van der Waals surface area contributed by atoms with Crippen LogP contribution >= 0.6 is 0 Å². The van der Waals surface area contributed by atoms with E-state index in [9.17, 15) is 0 Å². The van der Waals surface area contributed by atoms with Gasteiger partial charge in [0, 0.05) is 36.1 Å². The van der Waals surface area contributed by atoms with Gasteiger partial charge < -0.3 is 14.6 Å². The lowest BCUT2D eigenvalue weighted by Crippen LogP contribution is -1.95. The second kappa shape index (κ2) is 6.28. The SMILES string of the molecule is COc1cccc(-c2cc3c(Nc4cccnc4)nccc3n2C)c1. The van der Waals surface area contributed by atoms with E-state index in [2.05, 4.69) is 39.0 Å². The molecule has 0 saturated heterocycles. The monoisotopic (exact) mass is 330 g/mol. The zero-order valence-electron chi connectivity index (χ0n) is 14.1. The molecule has 0 aliphatic rings. The smallest absolute Gasteiger partial charge is 0.139 e. The molecule has 4 rings (SSSR count). The Morgan fingerprint density at radius 2 is 1.96 bits per heavy atom. The van der Waals surface area contributed by atoms with Crippen LogP contribution in [0.5, 0.6) is 5.75 Å². The van der Waals surface area contributed by atoms with Crippen LogP contribution in [0.2, 0.25) is 0 Å². The number of nitrogens with zero attached hydrogens (tertiary/aromatic N) is 3. The van der Waals surface area contributed by atoms with Crippen LogP contribution in [-0.2, 0) is 7.05 Å². The summed E-state index contributed by atoms with van der Waals surface area (Å²) in [5.74, 6) is 1.66. The van der Waals surface area contributed by atoms with Crippen molar-refractivity contribution in [3.63, 3.8) is 0 Å². The number of fused-ring (bicyclic) bond motifs is 1. The van der Waals surface area contributed by atoms with E-state index in [1.807, 2.05) is 42.6 Å². The average Bonchev–Trinajstić information content (AvgIpc) is 3.01.